The van der Waals surface area contributed by atoms with E-state index in [-0.39, 0.29) is 17.6 Å². The van der Waals surface area contributed by atoms with Crippen LogP contribution in [0.1, 0.15) is 31.7 Å². The molecule has 168 valence electrons. The minimum Gasteiger partial charge on any atom is -0.332 e. The molecule has 0 spiro atoms. The molecule has 7 heteroatoms. The van der Waals surface area contributed by atoms with Gasteiger partial charge < -0.3 is 21.3 Å². The van der Waals surface area contributed by atoms with Gasteiger partial charge in [0, 0.05) is 19.3 Å². The minimum absolute atomic E-state index is 0.228. The number of nitrogens with two attached hydrogens (primary N) is 2. The summed E-state index contributed by atoms with van der Waals surface area (Å²) in [5.41, 5.74) is 13.5. The van der Waals surface area contributed by atoms with E-state index in [4.69, 9.17) is 11.5 Å². The number of halogens is 1. The van der Waals surface area contributed by atoms with Crippen molar-refractivity contribution in [3.63, 3.8) is 0 Å². The number of hydrogen-bond donors (Lipinski definition) is 2. The molecule has 2 rings (SSSR count). The fraction of sp³-hybridized carbons (Fsp3) is 0.417. The summed E-state index contributed by atoms with van der Waals surface area (Å²) in [7, 11) is 1.61. The van der Waals surface area contributed by atoms with Gasteiger partial charge in [0.2, 0.25) is 11.8 Å². The van der Waals surface area contributed by atoms with E-state index in [0.29, 0.717) is 44.5 Å². The third-order valence-electron chi connectivity index (χ3n) is 5.41. The van der Waals surface area contributed by atoms with E-state index in [9.17, 15) is 14.0 Å². The van der Waals surface area contributed by atoms with E-state index in [0.717, 1.165) is 5.56 Å². The lowest BCUT2D eigenvalue weighted by Crippen LogP contribution is -2.53. The number of hydrogen-bond acceptors (Lipinski definition) is 4. The maximum Gasteiger partial charge on any atom is 0.249 e. The van der Waals surface area contributed by atoms with Crippen molar-refractivity contribution in [1.82, 2.24) is 4.90 Å². The maximum atomic E-state index is 13.4. The lowest BCUT2D eigenvalue weighted by molar-refractivity contribution is -0.139. The molecule has 0 bridgehead atoms. The van der Waals surface area contributed by atoms with E-state index in [2.05, 4.69) is 0 Å². The smallest absolute Gasteiger partial charge is 0.249 e. The molecule has 2 aromatic rings. The second kappa shape index (κ2) is 12.2. The van der Waals surface area contributed by atoms with Crippen LogP contribution >= 0.6 is 0 Å². The Labute approximate surface area is 184 Å². The first kappa shape index (κ1) is 24.5. The Morgan fingerprint density at radius 3 is 2.23 bits per heavy atom. The molecule has 0 saturated carbocycles. The van der Waals surface area contributed by atoms with Crippen molar-refractivity contribution in [2.24, 2.45) is 11.5 Å². The molecule has 0 aromatic heterocycles. The number of nitrogens with zero attached hydrogens (tertiary/aromatic N) is 2. The van der Waals surface area contributed by atoms with Gasteiger partial charge in [0.1, 0.15) is 11.9 Å². The molecule has 0 aliphatic heterocycles. The molecule has 0 unspecified atom stereocenters. The van der Waals surface area contributed by atoms with E-state index >= 15 is 0 Å². The number of benzene rings is 2. The first-order valence-corrected chi connectivity index (χ1v) is 10.7. The summed E-state index contributed by atoms with van der Waals surface area (Å²) in [5.74, 6) is -0.876. The van der Waals surface area contributed by atoms with Crippen LogP contribution < -0.4 is 16.4 Å². The molecule has 6 nitrogen and oxygen atoms in total. The van der Waals surface area contributed by atoms with Gasteiger partial charge in [-0.05, 0) is 69.0 Å². The van der Waals surface area contributed by atoms with E-state index in [1.165, 1.54) is 17.0 Å². The largest absolute Gasteiger partial charge is 0.332 e. The van der Waals surface area contributed by atoms with Crippen LogP contribution in [0.4, 0.5) is 10.1 Å². The molecule has 0 heterocycles. The van der Waals surface area contributed by atoms with Crippen molar-refractivity contribution in [3.05, 3.63) is 66.0 Å². The van der Waals surface area contributed by atoms with Crippen molar-refractivity contribution in [2.75, 3.05) is 25.0 Å². The van der Waals surface area contributed by atoms with Crippen molar-refractivity contribution < 1.29 is 14.0 Å². The van der Waals surface area contributed by atoms with Crippen LogP contribution in [-0.4, -0.2) is 48.9 Å². The summed E-state index contributed by atoms with van der Waals surface area (Å²) < 4.78 is 13.3. The van der Waals surface area contributed by atoms with Crippen LogP contribution in [0.3, 0.4) is 0 Å². The zero-order chi connectivity index (χ0) is 22.8. The van der Waals surface area contributed by atoms with Gasteiger partial charge >= 0.3 is 0 Å². The summed E-state index contributed by atoms with van der Waals surface area (Å²) >= 11 is 0. The van der Waals surface area contributed by atoms with Gasteiger partial charge in [-0.15, -0.1) is 0 Å². The van der Waals surface area contributed by atoms with Crippen LogP contribution in [0.25, 0.3) is 0 Å². The van der Waals surface area contributed by atoms with E-state index < -0.39 is 12.1 Å². The molecule has 0 aliphatic carbocycles. The van der Waals surface area contributed by atoms with E-state index in [1.807, 2.05) is 37.3 Å². The number of carbonyl (C=O) groups is 2. The lowest BCUT2D eigenvalue weighted by atomic mass is 10.0. The third-order valence-corrected chi connectivity index (χ3v) is 5.41. The number of amides is 2. The monoisotopic (exact) mass is 428 g/mol. The van der Waals surface area contributed by atoms with Crippen molar-refractivity contribution in [1.29, 1.82) is 0 Å². The van der Waals surface area contributed by atoms with Gasteiger partial charge in [0.05, 0.1) is 6.04 Å². The summed E-state index contributed by atoms with van der Waals surface area (Å²) in [4.78, 5) is 29.4. The Balaban J connectivity index is 2.13. The Morgan fingerprint density at radius 2 is 1.65 bits per heavy atom. The Bertz CT molecular complexity index is 829. The highest BCUT2D eigenvalue weighted by Crippen LogP contribution is 2.19. The first-order chi connectivity index (χ1) is 14.9. The number of rotatable bonds is 11. The van der Waals surface area contributed by atoms with Crippen molar-refractivity contribution in [3.8, 4) is 0 Å². The van der Waals surface area contributed by atoms with E-state index in [1.54, 1.807) is 24.1 Å². The first-order valence-electron chi connectivity index (χ1n) is 10.7. The number of likely N-dealkylation sites (N-methyl/N-ethyl adjacent to an activating group) is 2. The van der Waals surface area contributed by atoms with Crippen LogP contribution in [0.5, 0.6) is 0 Å². The zero-order valence-electron chi connectivity index (χ0n) is 18.3. The Morgan fingerprint density at radius 1 is 1.00 bits per heavy atom. The van der Waals surface area contributed by atoms with Gasteiger partial charge in [0.25, 0.3) is 0 Å². The number of carbonyl (C=O) groups excluding carboxylic acids is 2. The SMILES string of the molecule is CCN(C(=O)[C@H](CCCN)N(C)C(=O)[C@@H](N)CCc1ccccc1)c1ccc(F)cc1. The average Bonchev–Trinajstić information content (AvgIpc) is 2.79. The molecule has 4 N–H and O–H groups in total. The molecule has 0 saturated heterocycles. The molecule has 0 fully saturated rings. The van der Waals surface area contributed by atoms with Crippen LogP contribution in [-0.2, 0) is 16.0 Å². The topological polar surface area (TPSA) is 92.7 Å². The Hall–Kier alpha value is -2.77. The molecule has 2 atom stereocenters. The molecule has 0 aliphatic rings. The van der Waals surface area contributed by atoms with Gasteiger partial charge in [0.15, 0.2) is 0 Å². The molecular formula is C24H33FN4O2. The fourth-order valence-electron chi connectivity index (χ4n) is 3.57. The summed E-state index contributed by atoms with van der Waals surface area (Å²) in [6.45, 7) is 2.65. The van der Waals surface area contributed by atoms with Gasteiger partial charge in [-0.1, -0.05) is 30.3 Å². The molecule has 2 aromatic carbocycles. The molecule has 0 radical (unpaired) electrons. The standard InChI is InChI=1S/C24H33FN4O2/c1-3-29(20-14-12-19(25)13-15-20)24(31)22(10-7-17-26)28(2)23(30)21(27)16-11-18-8-5-4-6-9-18/h4-6,8-9,12-15,21-22H,3,7,10-11,16-17,26-27H2,1-2H3/t21-,22-/m0/s1. The summed E-state index contributed by atoms with van der Waals surface area (Å²) in [5, 5.41) is 0. The molecular weight excluding hydrogens is 395 g/mol. The highest BCUT2D eigenvalue weighted by atomic mass is 19.1. The second-order valence-corrected chi connectivity index (χ2v) is 7.59. The van der Waals surface area contributed by atoms with Crippen LogP contribution in [0, 0.1) is 5.82 Å². The van der Waals surface area contributed by atoms with Gasteiger partial charge in [-0.3, -0.25) is 9.59 Å². The predicted molar refractivity (Wildman–Crippen MR) is 122 cm³/mol. The molecule has 31 heavy (non-hydrogen) atoms. The van der Waals surface area contributed by atoms with Crippen LogP contribution in [0.15, 0.2) is 54.6 Å². The van der Waals surface area contributed by atoms with Crippen molar-refractivity contribution in [2.45, 2.75) is 44.7 Å². The summed E-state index contributed by atoms with van der Waals surface area (Å²) in [6.07, 6.45) is 2.19. The highest BCUT2D eigenvalue weighted by molar-refractivity contribution is 5.99. The maximum absolute atomic E-state index is 13.4. The zero-order valence-corrected chi connectivity index (χ0v) is 18.3. The molecule has 2 amide bonds. The number of anilines is 1. The van der Waals surface area contributed by atoms with Crippen LogP contribution in [0.2, 0.25) is 0 Å². The number of aryl methyl sites for hydroxylation is 1. The fourth-order valence-corrected chi connectivity index (χ4v) is 3.57. The predicted octanol–water partition coefficient (Wildman–Crippen LogP) is 2.70. The van der Waals surface area contributed by atoms with Crippen molar-refractivity contribution >= 4 is 17.5 Å². The minimum atomic E-state index is -0.709. The second-order valence-electron chi connectivity index (χ2n) is 7.59. The quantitative estimate of drug-likeness (QED) is 0.576. The third kappa shape index (κ3) is 6.87. The normalized spacial score (nSPS) is 12.8. The van der Waals surface area contributed by atoms with Gasteiger partial charge in [-0.25, -0.2) is 4.39 Å². The Kier molecular flexibility index (Phi) is 9.62. The summed E-state index contributed by atoms with van der Waals surface area (Å²) in [6, 6.07) is 14.2. The lowest BCUT2D eigenvalue weighted by Gasteiger charge is -2.33. The highest BCUT2D eigenvalue weighted by Gasteiger charge is 2.32. The van der Waals surface area contributed by atoms with Gasteiger partial charge in [-0.2, -0.15) is 0 Å². The average molecular weight is 429 g/mol.